The quantitative estimate of drug-likeness (QED) is 0.394. The minimum atomic E-state index is -3.57. The van der Waals surface area contributed by atoms with Crippen molar-refractivity contribution in [3.05, 3.63) is 59.1 Å². The van der Waals surface area contributed by atoms with Crippen molar-refractivity contribution in [2.45, 2.75) is 22.6 Å². The maximum atomic E-state index is 12.8. The number of nitrogens with one attached hydrogen (secondary N) is 1. The van der Waals surface area contributed by atoms with Gasteiger partial charge in [-0.15, -0.1) is 10.2 Å². The Balaban J connectivity index is 1.44. The number of thioether (sulfide) groups is 1. The van der Waals surface area contributed by atoms with Crippen LogP contribution in [0.25, 0.3) is 0 Å². The number of amides is 1. The smallest absolute Gasteiger partial charge is 0.267 e. The van der Waals surface area contributed by atoms with E-state index in [4.69, 9.17) is 16.3 Å². The number of sulfonamides is 1. The van der Waals surface area contributed by atoms with Crippen molar-refractivity contribution in [1.29, 1.82) is 0 Å². The van der Waals surface area contributed by atoms with Gasteiger partial charge < -0.3 is 4.74 Å². The lowest BCUT2D eigenvalue weighted by Crippen LogP contribution is -2.35. The SMILES string of the molecule is CS(=O)(=O)N1CC[C@H](C(=O)Nc2nnc(SCc3ccccc3)s2)Oc2ccc(Cl)cc21. The van der Waals surface area contributed by atoms with E-state index in [0.717, 1.165) is 16.3 Å². The number of anilines is 2. The highest BCUT2D eigenvalue weighted by atomic mass is 35.5. The summed E-state index contributed by atoms with van der Waals surface area (Å²) in [6, 6.07) is 14.6. The molecule has 3 aromatic rings. The lowest BCUT2D eigenvalue weighted by atomic mass is 10.2. The molecule has 12 heteroatoms. The molecule has 8 nitrogen and oxygen atoms in total. The summed E-state index contributed by atoms with van der Waals surface area (Å²) < 4.78 is 32.3. The Morgan fingerprint density at radius 2 is 2.06 bits per heavy atom. The van der Waals surface area contributed by atoms with Crippen LogP contribution in [0.5, 0.6) is 5.75 Å². The van der Waals surface area contributed by atoms with Crippen LogP contribution in [0.15, 0.2) is 52.9 Å². The highest BCUT2D eigenvalue weighted by Gasteiger charge is 2.31. The lowest BCUT2D eigenvalue weighted by molar-refractivity contribution is -0.122. The first-order valence-electron chi connectivity index (χ1n) is 9.54. The first kappa shape index (κ1) is 22.8. The fourth-order valence-corrected chi connectivity index (χ4v) is 5.92. The molecule has 32 heavy (non-hydrogen) atoms. The Labute approximate surface area is 199 Å². The summed E-state index contributed by atoms with van der Waals surface area (Å²) in [6.45, 7) is 0.0819. The van der Waals surface area contributed by atoms with Gasteiger partial charge in [-0.25, -0.2) is 8.42 Å². The van der Waals surface area contributed by atoms with Crippen LogP contribution in [0.2, 0.25) is 5.02 Å². The minimum absolute atomic E-state index is 0.0819. The molecule has 1 aliphatic heterocycles. The average molecular weight is 511 g/mol. The highest BCUT2D eigenvalue weighted by molar-refractivity contribution is 8.00. The molecule has 0 saturated heterocycles. The molecular weight excluding hydrogens is 492 g/mol. The Morgan fingerprint density at radius 1 is 1.28 bits per heavy atom. The minimum Gasteiger partial charge on any atom is -0.478 e. The fourth-order valence-electron chi connectivity index (χ4n) is 3.11. The van der Waals surface area contributed by atoms with Crippen molar-refractivity contribution in [3.63, 3.8) is 0 Å². The topological polar surface area (TPSA) is 101 Å². The third-order valence-electron chi connectivity index (χ3n) is 4.59. The van der Waals surface area contributed by atoms with E-state index < -0.39 is 22.0 Å². The van der Waals surface area contributed by atoms with Gasteiger partial charge >= 0.3 is 0 Å². The molecule has 1 aromatic heterocycles. The van der Waals surface area contributed by atoms with Crippen molar-refractivity contribution in [3.8, 4) is 5.75 Å². The molecule has 168 valence electrons. The van der Waals surface area contributed by atoms with E-state index in [-0.39, 0.29) is 18.7 Å². The molecule has 0 unspecified atom stereocenters. The van der Waals surface area contributed by atoms with E-state index in [0.29, 0.717) is 15.8 Å². The predicted octanol–water partition coefficient (Wildman–Crippen LogP) is 4.04. The van der Waals surface area contributed by atoms with Gasteiger partial charge in [-0.1, -0.05) is 65.0 Å². The molecule has 1 N–H and O–H groups in total. The second kappa shape index (κ2) is 9.65. The summed E-state index contributed by atoms with van der Waals surface area (Å²) in [4.78, 5) is 12.8. The van der Waals surface area contributed by atoms with Crippen LogP contribution in [0.1, 0.15) is 12.0 Å². The van der Waals surface area contributed by atoms with Gasteiger partial charge in [-0.3, -0.25) is 14.4 Å². The van der Waals surface area contributed by atoms with E-state index in [2.05, 4.69) is 15.5 Å². The zero-order valence-corrected chi connectivity index (χ0v) is 20.1. The number of aromatic nitrogens is 2. The van der Waals surface area contributed by atoms with Crippen molar-refractivity contribution in [2.24, 2.45) is 0 Å². The number of rotatable bonds is 6. The van der Waals surface area contributed by atoms with E-state index in [1.54, 1.807) is 12.1 Å². The zero-order chi connectivity index (χ0) is 22.7. The van der Waals surface area contributed by atoms with E-state index in [1.165, 1.54) is 39.0 Å². The maximum absolute atomic E-state index is 12.8. The number of nitrogens with zero attached hydrogens (tertiary/aromatic N) is 3. The zero-order valence-electron chi connectivity index (χ0n) is 16.9. The molecule has 0 saturated carbocycles. The Bertz CT molecular complexity index is 1220. The third-order valence-corrected chi connectivity index (χ3v) is 8.05. The van der Waals surface area contributed by atoms with Crippen LogP contribution in [-0.2, 0) is 20.6 Å². The molecular formula is C20H19ClN4O4S3. The largest absolute Gasteiger partial charge is 0.478 e. The van der Waals surface area contributed by atoms with Gasteiger partial charge in [0.2, 0.25) is 15.2 Å². The van der Waals surface area contributed by atoms with Crippen LogP contribution in [0, 0.1) is 0 Å². The van der Waals surface area contributed by atoms with Crippen LogP contribution in [0.3, 0.4) is 0 Å². The number of hydrogen-bond donors (Lipinski definition) is 1. The van der Waals surface area contributed by atoms with E-state index in [1.807, 2.05) is 30.3 Å². The number of carbonyl (C=O) groups excluding carboxylic acids is 1. The van der Waals surface area contributed by atoms with Crippen LogP contribution in [0.4, 0.5) is 10.8 Å². The van der Waals surface area contributed by atoms with Gasteiger partial charge in [0, 0.05) is 23.7 Å². The standard InChI is InChI=1S/C20H19ClN4O4S3/c1-32(27,28)25-10-9-17(29-16-8-7-14(21)11-15(16)25)18(26)22-19-23-24-20(31-19)30-12-13-5-3-2-4-6-13/h2-8,11,17H,9-10,12H2,1H3,(H,22,23,26)/t17-/m1/s1. The maximum Gasteiger partial charge on any atom is 0.267 e. The molecule has 2 aromatic carbocycles. The monoisotopic (exact) mass is 510 g/mol. The van der Waals surface area contributed by atoms with Crippen molar-refractivity contribution in [1.82, 2.24) is 10.2 Å². The molecule has 2 heterocycles. The summed E-state index contributed by atoms with van der Waals surface area (Å²) in [7, 11) is -3.57. The summed E-state index contributed by atoms with van der Waals surface area (Å²) in [5, 5.41) is 11.6. The van der Waals surface area contributed by atoms with Crippen molar-refractivity contribution >= 4 is 61.4 Å². The highest BCUT2D eigenvalue weighted by Crippen LogP contribution is 2.36. The number of hydrogen-bond acceptors (Lipinski definition) is 8. The normalized spacial score (nSPS) is 16.1. The number of halogens is 1. The van der Waals surface area contributed by atoms with Crippen molar-refractivity contribution < 1.29 is 17.9 Å². The van der Waals surface area contributed by atoms with Crippen LogP contribution < -0.4 is 14.4 Å². The first-order valence-corrected chi connectivity index (χ1v) is 13.6. The summed E-state index contributed by atoms with van der Waals surface area (Å²) >= 11 is 8.85. The lowest BCUT2D eigenvalue weighted by Gasteiger charge is -2.21. The second-order valence-electron chi connectivity index (χ2n) is 6.98. The molecule has 1 amide bonds. The van der Waals surface area contributed by atoms with E-state index >= 15 is 0 Å². The number of carbonyl (C=O) groups is 1. The van der Waals surface area contributed by atoms with Crippen LogP contribution >= 0.6 is 34.7 Å². The van der Waals surface area contributed by atoms with Crippen LogP contribution in [-0.4, -0.2) is 43.4 Å². The Morgan fingerprint density at radius 3 is 2.81 bits per heavy atom. The molecule has 1 atom stereocenters. The van der Waals surface area contributed by atoms with Gasteiger partial charge in [0.05, 0.1) is 11.9 Å². The Hall–Kier alpha value is -2.34. The van der Waals surface area contributed by atoms with E-state index in [9.17, 15) is 13.2 Å². The molecule has 0 spiro atoms. The van der Waals surface area contributed by atoms with Gasteiger partial charge in [0.15, 0.2) is 10.4 Å². The third kappa shape index (κ3) is 5.52. The molecule has 4 rings (SSSR count). The van der Waals surface area contributed by atoms with Gasteiger partial charge in [-0.05, 0) is 23.8 Å². The molecule has 0 bridgehead atoms. The van der Waals surface area contributed by atoms with Crippen molar-refractivity contribution in [2.75, 3.05) is 22.4 Å². The first-order chi connectivity index (χ1) is 15.3. The number of benzene rings is 2. The fraction of sp³-hybridized carbons (Fsp3) is 0.250. The average Bonchev–Trinajstić information content (AvgIpc) is 3.10. The number of ether oxygens (including phenoxy) is 1. The summed E-state index contributed by atoms with van der Waals surface area (Å²) in [5.74, 6) is 0.599. The number of fused-ring (bicyclic) bond motifs is 1. The molecule has 1 aliphatic rings. The molecule has 0 aliphatic carbocycles. The molecule has 0 radical (unpaired) electrons. The van der Waals surface area contributed by atoms with Gasteiger partial charge in [0.25, 0.3) is 5.91 Å². The summed E-state index contributed by atoms with van der Waals surface area (Å²) in [5.41, 5.74) is 1.48. The second-order valence-corrected chi connectivity index (χ2v) is 11.5. The predicted molar refractivity (Wildman–Crippen MR) is 127 cm³/mol. The van der Waals surface area contributed by atoms with Gasteiger partial charge in [-0.2, -0.15) is 0 Å². The summed E-state index contributed by atoms with van der Waals surface area (Å²) in [6.07, 6.45) is 0.374. The van der Waals surface area contributed by atoms with Gasteiger partial charge in [0.1, 0.15) is 5.75 Å². The Kier molecular flexibility index (Phi) is 6.89. The molecule has 0 fully saturated rings.